The van der Waals surface area contributed by atoms with E-state index in [2.05, 4.69) is 41.5 Å². The number of nitrogens with one attached hydrogen (secondary N) is 1. The summed E-state index contributed by atoms with van der Waals surface area (Å²) in [6.45, 7) is 8.32. The minimum atomic E-state index is 0.0829. The molecule has 1 amide bonds. The van der Waals surface area contributed by atoms with E-state index < -0.39 is 0 Å². The summed E-state index contributed by atoms with van der Waals surface area (Å²) in [5, 5.41) is 4.03. The molecule has 4 nitrogen and oxygen atoms in total. The van der Waals surface area contributed by atoms with Gasteiger partial charge in [0.2, 0.25) is 0 Å². The Kier molecular flexibility index (Phi) is 6.94. The number of nitrogens with zero attached hydrogens (tertiary/aromatic N) is 2. The van der Waals surface area contributed by atoms with Gasteiger partial charge in [0.1, 0.15) is 9.88 Å². The van der Waals surface area contributed by atoms with Gasteiger partial charge in [-0.2, -0.15) is 0 Å². The van der Waals surface area contributed by atoms with E-state index in [-0.39, 0.29) is 5.91 Å². The number of aryl methyl sites for hydroxylation is 1. The Morgan fingerprint density at radius 2 is 2.12 bits per heavy atom. The smallest absolute Gasteiger partial charge is 0.265 e. The van der Waals surface area contributed by atoms with Crippen LogP contribution in [-0.2, 0) is 0 Å². The van der Waals surface area contributed by atoms with Crippen LogP contribution < -0.4 is 5.32 Å². The lowest BCUT2D eigenvalue weighted by atomic mass is 10.2. The van der Waals surface area contributed by atoms with E-state index in [4.69, 9.17) is 0 Å². The third-order valence-electron chi connectivity index (χ3n) is 4.14. The lowest BCUT2D eigenvalue weighted by molar-refractivity contribution is 0.0770. The first kappa shape index (κ1) is 18.6. The van der Waals surface area contributed by atoms with Crippen molar-refractivity contribution >= 4 is 22.8 Å². The first-order valence-corrected chi connectivity index (χ1v) is 9.41. The second-order valence-corrected chi connectivity index (χ2v) is 6.78. The highest BCUT2D eigenvalue weighted by Gasteiger charge is 2.21. The molecule has 2 rings (SSSR count). The molecule has 1 aliphatic rings. The van der Waals surface area contributed by atoms with Crippen molar-refractivity contribution in [2.24, 2.45) is 0 Å². The molecule has 0 fully saturated rings. The Morgan fingerprint density at radius 3 is 2.79 bits per heavy atom. The Hall–Kier alpha value is -1.72. The van der Waals surface area contributed by atoms with Crippen molar-refractivity contribution in [3.63, 3.8) is 0 Å². The molecule has 130 valence electrons. The number of carbonyl (C=O) groups is 1. The van der Waals surface area contributed by atoms with Gasteiger partial charge >= 0.3 is 0 Å². The zero-order valence-electron chi connectivity index (χ0n) is 15.1. The minimum absolute atomic E-state index is 0.0829. The predicted octanol–water partition coefficient (Wildman–Crippen LogP) is 3.81. The molecule has 0 spiro atoms. The van der Waals surface area contributed by atoms with E-state index >= 15 is 0 Å². The molecule has 0 saturated carbocycles. The van der Waals surface area contributed by atoms with Crippen LogP contribution in [0.2, 0.25) is 0 Å². The van der Waals surface area contributed by atoms with Gasteiger partial charge in [-0.1, -0.05) is 36.8 Å². The Bertz CT molecular complexity index is 670. The standard InChI is InChI=1S/C19H27N3OS/c1-5-15-8-7-9-16(11-10-15)18-21-14(3)17(24-18)19(23)22(6-2)13-12-20-4/h8-11,20H,5-7,12-13H2,1-4H3. The van der Waals surface area contributed by atoms with E-state index in [1.54, 1.807) is 0 Å². The van der Waals surface area contributed by atoms with Gasteiger partial charge in [0, 0.05) is 25.2 Å². The zero-order valence-corrected chi connectivity index (χ0v) is 15.9. The first-order valence-electron chi connectivity index (χ1n) is 8.59. The maximum absolute atomic E-state index is 12.8. The van der Waals surface area contributed by atoms with Gasteiger partial charge in [0.05, 0.1) is 5.69 Å². The summed E-state index contributed by atoms with van der Waals surface area (Å²) in [5.74, 6) is 0.0829. The SMILES string of the molecule is CCC1=CCC=C(c2nc(C)c(C(=O)N(CC)CCNC)s2)C=C1. The van der Waals surface area contributed by atoms with Crippen LogP contribution in [0.1, 0.15) is 47.1 Å². The van der Waals surface area contributed by atoms with Crippen LogP contribution in [0.15, 0.2) is 29.9 Å². The molecule has 24 heavy (non-hydrogen) atoms. The lowest BCUT2D eigenvalue weighted by Crippen LogP contribution is -2.35. The van der Waals surface area contributed by atoms with Gasteiger partial charge < -0.3 is 10.2 Å². The van der Waals surface area contributed by atoms with Crippen molar-refractivity contribution in [1.29, 1.82) is 0 Å². The van der Waals surface area contributed by atoms with Crippen molar-refractivity contribution in [3.8, 4) is 0 Å². The number of carbonyl (C=O) groups excluding carboxylic acids is 1. The van der Waals surface area contributed by atoms with Crippen LogP contribution in [0.5, 0.6) is 0 Å². The molecular formula is C19H27N3OS. The monoisotopic (exact) mass is 345 g/mol. The normalized spacial score (nSPS) is 14.2. The maximum atomic E-state index is 12.8. The van der Waals surface area contributed by atoms with Crippen molar-refractivity contribution in [2.45, 2.75) is 33.6 Å². The van der Waals surface area contributed by atoms with Crippen LogP contribution in [0.3, 0.4) is 0 Å². The molecule has 0 saturated heterocycles. The molecule has 0 radical (unpaired) electrons. The predicted molar refractivity (Wildman–Crippen MR) is 102 cm³/mol. The van der Waals surface area contributed by atoms with E-state index in [0.29, 0.717) is 13.1 Å². The number of aromatic nitrogens is 1. The van der Waals surface area contributed by atoms with Gasteiger partial charge in [-0.15, -0.1) is 11.3 Å². The third kappa shape index (κ3) is 4.42. The molecule has 1 heterocycles. The molecule has 5 heteroatoms. The molecular weight excluding hydrogens is 318 g/mol. The third-order valence-corrected chi connectivity index (χ3v) is 5.34. The summed E-state index contributed by atoms with van der Waals surface area (Å²) >= 11 is 1.50. The fourth-order valence-corrected chi connectivity index (χ4v) is 3.66. The summed E-state index contributed by atoms with van der Waals surface area (Å²) in [4.78, 5) is 20.1. The van der Waals surface area contributed by atoms with Crippen LogP contribution >= 0.6 is 11.3 Å². The van der Waals surface area contributed by atoms with Gasteiger partial charge in [-0.05, 0) is 33.7 Å². The number of rotatable bonds is 7. The van der Waals surface area contributed by atoms with E-state index in [0.717, 1.165) is 40.5 Å². The van der Waals surface area contributed by atoms with Crippen molar-refractivity contribution in [3.05, 3.63) is 45.5 Å². The number of allylic oxidation sites excluding steroid dienone is 6. The Morgan fingerprint density at radius 1 is 1.33 bits per heavy atom. The fraction of sp³-hybridized carbons (Fsp3) is 0.474. The molecule has 0 aliphatic heterocycles. The van der Waals surface area contributed by atoms with Gasteiger partial charge in [-0.3, -0.25) is 4.79 Å². The molecule has 0 unspecified atom stereocenters. The molecule has 0 atom stereocenters. The average Bonchev–Trinajstić information content (AvgIpc) is 2.82. The zero-order chi connectivity index (χ0) is 17.5. The largest absolute Gasteiger partial charge is 0.337 e. The van der Waals surface area contributed by atoms with Crippen LogP contribution in [0, 0.1) is 6.92 Å². The number of amides is 1. The Balaban J connectivity index is 2.21. The average molecular weight is 346 g/mol. The van der Waals surface area contributed by atoms with E-state index in [1.807, 2.05) is 25.8 Å². The molecule has 0 aromatic carbocycles. The number of thiazole rings is 1. The number of hydrogen-bond acceptors (Lipinski definition) is 4. The van der Waals surface area contributed by atoms with E-state index in [9.17, 15) is 4.79 Å². The molecule has 1 aromatic heterocycles. The first-order chi connectivity index (χ1) is 11.6. The van der Waals surface area contributed by atoms with Gasteiger partial charge in [0.25, 0.3) is 5.91 Å². The van der Waals surface area contributed by atoms with Crippen LogP contribution in [0.4, 0.5) is 0 Å². The van der Waals surface area contributed by atoms with Crippen molar-refractivity contribution in [2.75, 3.05) is 26.7 Å². The van der Waals surface area contributed by atoms with Gasteiger partial charge in [0.15, 0.2) is 0 Å². The molecule has 1 aromatic rings. The summed E-state index contributed by atoms with van der Waals surface area (Å²) < 4.78 is 0. The second-order valence-electron chi connectivity index (χ2n) is 5.78. The lowest BCUT2D eigenvalue weighted by Gasteiger charge is -2.20. The van der Waals surface area contributed by atoms with Crippen molar-refractivity contribution < 1.29 is 4.79 Å². The number of hydrogen-bond donors (Lipinski definition) is 1. The molecule has 1 N–H and O–H groups in total. The topological polar surface area (TPSA) is 45.2 Å². The van der Waals surface area contributed by atoms with Crippen molar-refractivity contribution in [1.82, 2.24) is 15.2 Å². The molecule has 0 bridgehead atoms. The highest BCUT2D eigenvalue weighted by molar-refractivity contribution is 7.14. The summed E-state index contributed by atoms with van der Waals surface area (Å²) in [6.07, 6.45) is 10.7. The summed E-state index contributed by atoms with van der Waals surface area (Å²) in [5.41, 5.74) is 3.28. The summed E-state index contributed by atoms with van der Waals surface area (Å²) in [6, 6.07) is 0. The molecule has 1 aliphatic carbocycles. The fourth-order valence-electron chi connectivity index (χ4n) is 2.60. The highest BCUT2D eigenvalue weighted by atomic mass is 32.1. The van der Waals surface area contributed by atoms with Crippen LogP contribution in [0.25, 0.3) is 5.57 Å². The minimum Gasteiger partial charge on any atom is -0.337 e. The maximum Gasteiger partial charge on any atom is 0.265 e. The van der Waals surface area contributed by atoms with Crippen LogP contribution in [-0.4, -0.2) is 42.5 Å². The van der Waals surface area contributed by atoms with Gasteiger partial charge in [-0.25, -0.2) is 4.98 Å². The quantitative estimate of drug-likeness (QED) is 0.817. The Labute approximate surface area is 149 Å². The second kappa shape index (κ2) is 8.94. The van der Waals surface area contributed by atoms with E-state index in [1.165, 1.54) is 16.9 Å². The summed E-state index contributed by atoms with van der Waals surface area (Å²) in [7, 11) is 1.90. The number of likely N-dealkylation sites (N-methyl/N-ethyl adjacent to an activating group) is 2. The highest BCUT2D eigenvalue weighted by Crippen LogP contribution is 2.28.